The standard InChI is InChI=1S/C9H22NO8P3/c1-4-9(2,3)8(11)10-6-5-7-19(12,20(13,14)15)21(16,17)18/h12H,4-7H2,1-3H3,(H4-,10,11,13,14,15,16,17,18)/p+1. The molecule has 21 heavy (non-hydrogen) atoms. The summed E-state index contributed by atoms with van der Waals surface area (Å²) in [5.41, 5.74) is -0.613. The van der Waals surface area contributed by atoms with Gasteiger partial charge in [0.2, 0.25) is 5.91 Å². The zero-order valence-corrected chi connectivity index (χ0v) is 14.8. The average Bonchev–Trinajstić information content (AvgIpc) is 2.30. The van der Waals surface area contributed by atoms with Crippen molar-refractivity contribution >= 4 is 27.3 Å². The molecule has 0 saturated carbocycles. The van der Waals surface area contributed by atoms with Crippen molar-refractivity contribution in [1.29, 1.82) is 0 Å². The van der Waals surface area contributed by atoms with Crippen LogP contribution >= 0.6 is 21.4 Å². The maximum atomic E-state index is 11.7. The first-order chi connectivity index (χ1) is 9.19. The highest BCUT2D eigenvalue weighted by Gasteiger charge is 2.68. The van der Waals surface area contributed by atoms with E-state index in [9.17, 15) is 18.8 Å². The third-order valence-electron chi connectivity index (χ3n) is 3.25. The Labute approximate surface area is 123 Å². The Balaban J connectivity index is 4.68. The molecule has 0 fully saturated rings. The van der Waals surface area contributed by atoms with Crippen LogP contribution in [0.3, 0.4) is 0 Å². The SMILES string of the molecule is CCC(C)(C)C(=O)NCCC[P+](O)(P(=O)(O)O)P(=O)(O)O. The molecule has 9 nitrogen and oxygen atoms in total. The number of rotatable bonds is 8. The Kier molecular flexibility index (Phi) is 7.21. The lowest BCUT2D eigenvalue weighted by Gasteiger charge is -2.22. The highest BCUT2D eigenvalue weighted by molar-refractivity contribution is 8.65. The van der Waals surface area contributed by atoms with E-state index in [0.717, 1.165) is 0 Å². The van der Waals surface area contributed by atoms with Crippen molar-refractivity contribution in [2.45, 2.75) is 33.6 Å². The Bertz CT molecular complexity index is 446. The van der Waals surface area contributed by atoms with Crippen LogP contribution in [0, 0.1) is 5.41 Å². The minimum absolute atomic E-state index is 0.0371. The van der Waals surface area contributed by atoms with Crippen LogP contribution in [-0.2, 0) is 13.9 Å². The van der Waals surface area contributed by atoms with Crippen LogP contribution in [-0.4, -0.2) is 43.1 Å². The largest absolute Gasteiger partial charge is 0.504 e. The monoisotopic (exact) mass is 366 g/mol. The summed E-state index contributed by atoms with van der Waals surface area (Å²) < 4.78 is 22.3. The molecule has 0 aromatic carbocycles. The maximum Gasteiger partial charge on any atom is 0.504 e. The van der Waals surface area contributed by atoms with Crippen LogP contribution < -0.4 is 5.32 Å². The van der Waals surface area contributed by atoms with E-state index in [2.05, 4.69) is 5.32 Å². The molecular weight excluding hydrogens is 343 g/mol. The van der Waals surface area contributed by atoms with Crippen LogP contribution in [0.25, 0.3) is 0 Å². The molecule has 12 heteroatoms. The Hall–Kier alpha value is 0.160. The van der Waals surface area contributed by atoms with Crippen LogP contribution in [0.5, 0.6) is 0 Å². The van der Waals surface area contributed by atoms with Gasteiger partial charge in [0, 0.05) is 18.4 Å². The lowest BCUT2D eigenvalue weighted by Crippen LogP contribution is -2.37. The molecule has 0 aliphatic rings. The molecule has 0 spiro atoms. The van der Waals surface area contributed by atoms with Gasteiger partial charge in [0.15, 0.2) is 0 Å². The molecular formula is C9H23NO8P3+. The summed E-state index contributed by atoms with van der Waals surface area (Å²) in [7, 11) is -10.6. The van der Waals surface area contributed by atoms with Crippen molar-refractivity contribution in [2.24, 2.45) is 5.41 Å². The van der Waals surface area contributed by atoms with E-state index in [0.29, 0.717) is 6.42 Å². The first kappa shape index (κ1) is 21.2. The van der Waals surface area contributed by atoms with Crippen molar-refractivity contribution in [2.75, 3.05) is 12.7 Å². The summed E-state index contributed by atoms with van der Waals surface area (Å²) in [6.07, 6.45) is -0.291. The van der Waals surface area contributed by atoms with Gasteiger partial charge < -0.3 is 5.32 Å². The third-order valence-corrected chi connectivity index (χ3v) is 16.2. The smallest absolute Gasteiger partial charge is 0.355 e. The van der Waals surface area contributed by atoms with E-state index in [4.69, 9.17) is 19.6 Å². The zero-order valence-electron chi connectivity index (χ0n) is 12.1. The van der Waals surface area contributed by atoms with E-state index in [1.54, 1.807) is 13.8 Å². The minimum atomic E-state index is -5.32. The number of hydrogen-bond donors (Lipinski definition) is 6. The average molecular weight is 366 g/mol. The summed E-state index contributed by atoms with van der Waals surface area (Å²) in [6, 6.07) is 0. The molecule has 0 bridgehead atoms. The van der Waals surface area contributed by atoms with Gasteiger partial charge in [-0.3, -0.25) is 24.4 Å². The maximum absolute atomic E-state index is 11.7. The predicted molar refractivity (Wildman–Crippen MR) is 79.8 cm³/mol. The zero-order chi connectivity index (χ0) is 17.1. The molecule has 0 heterocycles. The summed E-state index contributed by atoms with van der Waals surface area (Å²) in [5.74, 6) is -0.278. The fourth-order valence-corrected chi connectivity index (χ4v) is 8.77. The molecule has 0 saturated heterocycles. The summed E-state index contributed by atoms with van der Waals surface area (Å²) >= 11 is 0. The molecule has 0 aromatic heterocycles. The summed E-state index contributed by atoms with van der Waals surface area (Å²) in [4.78, 5) is 57.4. The number of amides is 1. The highest BCUT2D eigenvalue weighted by Crippen LogP contribution is 3.00. The molecule has 1 amide bonds. The van der Waals surface area contributed by atoms with E-state index in [-0.39, 0.29) is 18.9 Å². The van der Waals surface area contributed by atoms with Crippen molar-refractivity contribution in [3.05, 3.63) is 0 Å². The van der Waals surface area contributed by atoms with Gasteiger partial charge in [-0.15, -0.1) is 0 Å². The summed E-state index contributed by atoms with van der Waals surface area (Å²) in [6.45, 7) is 0.464. The predicted octanol–water partition coefficient (Wildman–Crippen LogP) is 1.04. The van der Waals surface area contributed by atoms with Gasteiger partial charge >= 0.3 is 21.4 Å². The van der Waals surface area contributed by atoms with Crippen LogP contribution in [0.1, 0.15) is 33.6 Å². The Morgan fingerprint density at radius 2 is 1.57 bits per heavy atom. The Morgan fingerprint density at radius 3 is 1.90 bits per heavy atom. The molecule has 0 unspecified atom stereocenters. The fraction of sp³-hybridized carbons (Fsp3) is 0.889. The van der Waals surface area contributed by atoms with Gasteiger partial charge in [-0.1, -0.05) is 20.8 Å². The molecule has 0 aliphatic heterocycles. The first-order valence-corrected chi connectivity index (χ1v) is 12.8. The van der Waals surface area contributed by atoms with Crippen LogP contribution in [0.15, 0.2) is 0 Å². The third kappa shape index (κ3) is 5.38. The van der Waals surface area contributed by atoms with Gasteiger partial charge in [0.25, 0.3) is 0 Å². The quantitative estimate of drug-likeness (QED) is 0.274. The second kappa shape index (κ2) is 7.16. The van der Waals surface area contributed by atoms with Crippen molar-refractivity contribution < 1.29 is 38.4 Å². The lowest BCUT2D eigenvalue weighted by molar-refractivity contribution is -0.129. The molecule has 0 aliphatic carbocycles. The number of nitrogens with one attached hydrogen (secondary N) is 1. The molecule has 126 valence electrons. The molecule has 0 rings (SSSR count). The Morgan fingerprint density at radius 1 is 1.14 bits per heavy atom. The van der Waals surface area contributed by atoms with Crippen LogP contribution in [0.4, 0.5) is 0 Å². The van der Waals surface area contributed by atoms with E-state index < -0.39 is 33.0 Å². The van der Waals surface area contributed by atoms with E-state index in [1.807, 2.05) is 6.92 Å². The van der Waals surface area contributed by atoms with Gasteiger partial charge in [-0.05, 0) is 6.42 Å². The van der Waals surface area contributed by atoms with Gasteiger partial charge in [-0.2, -0.15) is 0 Å². The molecule has 0 aromatic rings. The molecule has 6 N–H and O–H groups in total. The topological polar surface area (TPSA) is 164 Å². The number of carbonyl (C=O) groups excluding carboxylic acids is 1. The fourth-order valence-electron chi connectivity index (χ4n) is 1.31. The molecule has 0 atom stereocenters. The van der Waals surface area contributed by atoms with Gasteiger partial charge in [0.05, 0.1) is 0 Å². The normalized spacial score (nSPS) is 14.1. The van der Waals surface area contributed by atoms with E-state index >= 15 is 0 Å². The summed E-state index contributed by atoms with van der Waals surface area (Å²) in [5, 5.41) is 2.51. The van der Waals surface area contributed by atoms with Crippen molar-refractivity contribution in [3.63, 3.8) is 0 Å². The number of hydrogen-bond acceptors (Lipinski definition) is 4. The second-order valence-corrected chi connectivity index (χ2v) is 17.2. The van der Waals surface area contributed by atoms with Crippen LogP contribution in [0.2, 0.25) is 0 Å². The van der Waals surface area contributed by atoms with Gasteiger partial charge in [-0.25, -0.2) is 14.0 Å². The molecule has 0 radical (unpaired) electrons. The van der Waals surface area contributed by atoms with Crippen molar-refractivity contribution in [3.8, 4) is 0 Å². The van der Waals surface area contributed by atoms with Crippen molar-refractivity contribution in [1.82, 2.24) is 5.32 Å². The lowest BCUT2D eigenvalue weighted by atomic mass is 9.89. The first-order valence-electron chi connectivity index (χ1n) is 6.20. The van der Waals surface area contributed by atoms with Gasteiger partial charge in [0.1, 0.15) is 6.16 Å². The second-order valence-electron chi connectivity index (χ2n) is 5.29. The van der Waals surface area contributed by atoms with E-state index in [1.165, 1.54) is 0 Å². The highest BCUT2D eigenvalue weighted by atomic mass is 32.5. The number of carbonyl (C=O) groups is 1. The minimum Gasteiger partial charge on any atom is -0.355 e.